The number of carbonyl (C=O) groups excluding carboxylic acids is 1. The van der Waals surface area contributed by atoms with Crippen molar-refractivity contribution in [3.8, 4) is 0 Å². The lowest BCUT2D eigenvalue weighted by Gasteiger charge is -2.38. The van der Waals surface area contributed by atoms with E-state index >= 15 is 0 Å². The van der Waals surface area contributed by atoms with Crippen LogP contribution in [-0.2, 0) is 6.54 Å². The van der Waals surface area contributed by atoms with Gasteiger partial charge in [-0.1, -0.05) is 35.9 Å². The summed E-state index contributed by atoms with van der Waals surface area (Å²) in [7, 11) is 0. The smallest absolute Gasteiger partial charge is 0.258 e. The molecule has 2 aromatic carbocycles. The van der Waals surface area contributed by atoms with Crippen LogP contribution >= 0.6 is 11.3 Å². The first-order chi connectivity index (χ1) is 13.7. The molecule has 0 N–H and O–H groups in total. The van der Waals surface area contributed by atoms with Crippen LogP contribution in [-0.4, -0.2) is 29.9 Å². The van der Waals surface area contributed by atoms with Crippen molar-refractivity contribution in [1.82, 2.24) is 4.90 Å². The number of nitrogens with zero attached hydrogens (tertiary/aromatic N) is 2. The lowest BCUT2D eigenvalue weighted by atomic mass is 10.00. The predicted octanol–water partition coefficient (Wildman–Crippen LogP) is 5.37. The van der Waals surface area contributed by atoms with E-state index in [1.165, 1.54) is 11.1 Å². The minimum Gasteiger partial charge on any atom is -0.305 e. The maximum atomic E-state index is 13.4. The second-order valence-electron chi connectivity index (χ2n) is 7.52. The average Bonchev–Trinajstić information content (AvgIpc) is 3.24. The number of piperidine rings is 1. The fraction of sp³-hybridized carbons (Fsp3) is 0.292. The Balaban J connectivity index is 1.52. The Hall–Kier alpha value is -2.43. The van der Waals surface area contributed by atoms with Gasteiger partial charge in [0.05, 0.1) is 0 Å². The van der Waals surface area contributed by atoms with Gasteiger partial charge >= 0.3 is 0 Å². The number of hydrogen-bond acceptors (Lipinski definition) is 3. The van der Waals surface area contributed by atoms with Crippen LogP contribution in [0.3, 0.4) is 0 Å². The molecule has 0 aliphatic carbocycles. The number of likely N-dealkylation sites (tertiary alicyclic amines) is 1. The van der Waals surface area contributed by atoms with Crippen LogP contribution in [0.2, 0.25) is 0 Å². The van der Waals surface area contributed by atoms with Gasteiger partial charge in [-0.05, 0) is 66.4 Å². The molecule has 4 heteroatoms. The van der Waals surface area contributed by atoms with Crippen LogP contribution in [0.5, 0.6) is 0 Å². The van der Waals surface area contributed by atoms with Gasteiger partial charge in [-0.2, -0.15) is 11.3 Å². The first-order valence-corrected chi connectivity index (χ1v) is 10.8. The standard InChI is InChI=1S/C24H26N2OS/c1-19-7-9-22(10-8-19)26(24(27)21-5-3-2-4-6-21)23-11-14-25(15-12-23)17-20-13-16-28-18-20/h2-10,13,16,18,23H,11-12,14-15,17H2,1H3. The Morgan fingerprint density at radius 1 is 1.04 bits per heavy atom. The molecule has 0 spiro atoms. The highest BCUT2D eigenvalue weighted by molar-refractivity contribution is 7.07. The van der Waals surface area contributed by atoms with Gasteiger partial charge in [0.25, 0.3) is 5.91 Å². The van der Waals surface area contributed by atoms with Gasteiger partial charge in [-0.15, -0.1) is 0 Å². The molecule has 1 aliphatic rings. The Morgan fingerprint density at radius 2 is 1.75 bits per heavy atom. The average molecular weight is 391 g/mol. The SMILES string of the molecule is Cc1ccc(N(C(=O)c2ccccc2)C2CCN(Cc3ccsc3)CC2)cc1. The maximum absolute atomic E-state index is 13.4. The van der Waals surface area contributed by atoms with E-state index in [-0.39, 0.29) is 11.9 Å². The van der Waals surface area contributed by atoms with Crippen molar-refractivity contribution < 1.29 is 4.79 Å². The molecule has 1 amide bonds. The van der Waals surface area contributed by atoms with Gasteiger partial charge in [0.2, 0.25) is 0 Å². The van der Waals surface area contributed by atoms with Crippen molar-refractivity contribution in [3.63, 3.8) is 0 Å². The molecule has 0 bridgehead atoms. The molecule has 4 rings (SSSR count). The van der Waals surface area contributed by atoms with E-state index in [1.807, 2.05) is 35.2 Å². The second kappa shape index (κ2) is 8.72. The van der Waals surface area contributed by atoms with Crippen molar-refractivity contribution in [2.75, 3.05) is 18.0 Å². The van der Waals surface area contributed by atoms with Gasteiger partial charge in [-0.25, -0.2) is 0 Å². The summed E-state index contributed by atoms with van der Waals surface area (Å²) in [4.78, 5) is 17.9. The van der Waals surface area contributed by atoms with Gasteiger partial charge in [0.15, 0.2) is 0 Å². The highest BCUT2D eigenvalue weighted by Gasteiger charge is 2.29. The van der Waals surface area contributed by atoms with E-state index in [4.69, 9.17) is 0 Å². The Bertz CT molecular complexity index is 882. The number of thiophene rings is 1. The molecule has 3 nitrogen and oxygen atoms in total. The van der Waals surface area contributed by atoms with E-state index in [0.29, 0.717) is 0 Å². The van der Waals surface area contributed by atoms with Gasteiger partial charge in [0.1, 0.15) is 0 Å². The fourth-order valence-corrected chi connectivity index (χ4v) is 4.56. The molecule has 144 valence electrons. The zero-order valence-corrected chi connectivity index (χ0v) is 17.1. The van der Waals surface area contributed by atoms with Crippen LogP contribution in [0.25, 0.3) is 0 Å². The van der Waals surface area contributed by atoms with Crippen molar-refractivity contribution in [2.24, 2.45) is 0 Å². The molecule has 3 aromatic rings. The third-order valence-corrected chi connectivity index (χ3v) is 6.19. The second-order valence-corrected chi connectivity index (χ2v) is 8.30. The monoisotopic (exact) mass is 390 g/mol. The van der Waals surface area contributed by atoms with Gasteiger partial charge < -0.3 is 4.90 Å². The zero-order valence-electron chi connectivity index (χ0n) is 16.3. The first-order valence-electron chi connectivity index (χ1n) is 9.89. The zero-order chi connectivity index (χ0) is 19.3. The number of amides is 1. The normalized spacial score (nSPS) is 15.5. The number of aryl methyl sites for hydroxylation is 1. The van der Waals surface area contributed by atoms with Crippen LogP contribution in [0, 0.1) is 6.92 Å². The Kier molecular flexibility index (Phi) is 5.89. The lowest BCUT2D eigenvalue weighted by molar-refractivity contribution is 0.0958. The topological polar surface area (TPSA) is 23.6 Å². The van der Waals surface area contributed by atoms with Crippen LogP contribution in [0.15, 0.2) is 71.4 Å². The molecule has 0 unspecified atom stereocenters. The van der Waals surface area contributed by atoms with E-state index < -0.39 is 0 Å². The number of anilines is 1. The summed E-state index contributed by atoms with van der Waals surface area (Å²) in [6, 6.07) is 20.4. The highest BCUT2D eigenvalue weighted by atomic mass is 32.1. The van der Waals surface area contributed by atoms with Crippen molar-refractivity contribution in [1.29, 1.82) is 0 Å². The third kappa shape index (κ3) is 4.34. The molecule has 0 saturated carbocycles. The first kappa shape index (κ1) is 18.9. The summed E-state index contributed by atoms with van der Waals surface area (Å²) in [6.07, 6.45) is 1.99. The number of benzene rings is 2. The van der Waals surface area contributed by atoms with E-state index in [0.717, 1.165) is 43.7 Å². The highest BCUT2D eigenvalue weighted by Crippen LogP contribution is 2.27. The third-order valence-electron chi connectivity index (χ3n) is 5.46. The molecular weight excluding hydrogens is 364 g/mol. The Labute approximate surface area is 171 Å². The number of rotatable bonds is 5. The van der Waals surface area contributed by atoms with Crippen LogP contribution in [0.4, 0.5) is 5.69 Å². The van der Waals surface area contributed by atoms with E-state index in [9.17, 15) is 4.79 Å². The number of carbonyl (C=O) groups is 1. The summed E-state index contributed by atoms with van der Waals surface area (Å²) in [5.74, 6) is 0.0979. The largest absolute Gasteiger partial charge is 0.305 e. The van der Waals surface area contributed by atoms with Crippen molar-refractivity contribution in [2.45, 2.75) is 32.4 Å². The molecule has 28 heavy (non-hydrogen) atoms. The maximum Gasteiger partial charge on any atom is 0.258 e. The summed E-state index contributed by atoms with van der Waals surface area (Å²) in [6.45, 7) is 5.12. The summed E-state index contributed by atoms with van der Waals surface area (Å²) in [5.41, 5.74) is 4.35. The Morgan fingerprint density at radius 3 is 2.39 bits per heavy atom. The van der Waals surface area contributed by atoms with E-state index in [2.05, 4.69) is 52.9 Å². The quantitative estimate of drug-likeness (QED) is 0.585. The molecule has 2 heterocycles. The molecule has 1 aliphatic heterocycles. The summed E-state index contributed by atoms with van der Waals surface area (Å²) < 4.78 is 0. The molecule has 0 atom stereocenters. The van der Waals surface area contributed by atoms with Crippen molar-refractivity contribution >= 4 is 22.9 Å². The molecule has 1 fully saturated rings. The van der Waals surface area contributed by atoms with E-state index in [1.54, 1.807) is 11.3 Å². The molecular formula is C24H26N2OS. The molecule has 1 saturated heterocycles. The molecule has 1 aromatic heterocycles. The van der Waals surface area contributed by atoms with Crippen molar-refractivity contribution in [3.05, 3.63) is 88.1 Å². The van der Waals surface area contributed by atoms with Crippen LogP contribution < -0.4 is 4.90 Å². The minimum absolute atomic E-state index is 0.0979. The van der Waals surface area contributed by atoms with Gasteiger partial charge in [-0.3, -0.25) is 9.69 Å². The predicted molar refractivity (Wildman–Crippen MR) is 117 cm³/mol. The number of hydrogen-bond donors (Lipinski definition) is 0. The fourth-order valence-electron chi connectivity index (χ4n) is 3.90. The minimum atomic E-state index is 0.0979. The molecule has 0 radical (unpaired) electrons. The van der Waals surface area contributed by atoms with Gasteiger partial charge in [0, 0.05) is 36.9 Å². The lowest BCUT2D eigenvalue weighted by Crippen LogP contribution is -2.47. The summed E-state index contributed by atoms with van der Waals surface area (Å²) in [5, 5.41) is 4.36. The van der Waals surface area contributed by atoms with Crippen LogP contribution in [0.1, 0.15) is 34.3 Å². The summed E-state index contributed by atoms with van der Waals surface area (Å²) >= 11 is 1.75.